The van der Waals surface area contributed by atoms with Crippen LogP contribution in [-0.2, 0) is 5.54 Å². The minimum atomic E-state index is -1.12. The molecule has 0 amide bonds. The second kappa shape index (κ2) is 8.74. The highest BCUT2D eigenvalue weighted by Crippen LogP contribution is 2.51. The molecular weight excluding hydrogens is 519 g/mol. The van der Waals surface area contributed by atoms with Gasteiger partial charge in [0.25, 0.3) is 0 Å². The molecule has 0 spiro atoms. The monoisotopic (exact) mass is 540 g/mol. The van der Waals surface area contributed by atoms with E-state index in [4.69, 9.17) is 0 Å². The summed E-state index contributed by atoms with van der Waals surface area (Å²) in [6.45, 7) is 1.98. The van der Waals surface area contributed by atoms with Crippen LogP contribution >= 0.6 is 22.6 Å². The van der Waals surface area contributed by atoms with E-state index in [1.165, 1.54) is 6.07 Å². The van der Waals surface area contributed by atoms with Crippen LogP contribution in [0.2, 0.25) is 0 Å². The van der Waals surface area contributed by atoms with Crippen molar-refractivity contribution in [1.82, 2.24) is 0 Å². The van der Waals surface area contributed by atoms with Gasteiger partial charge in [0.1, 0.15) is 26.7 Å². The van der Waals surface area contributed by atoms with E-state index in [1.807, 2.05) is 6.92 Å². The van der Waals surface area contributed by atoms with E-state index in [2.05, 4.69) is 32.8 Å². The van der Waals surface area contributed by atoms with E-state index in [1.54, 1.807) is 66.7 Å². The van der Waals surface area contributed by atoms with Gasteiger partial charge in [0.2, 0.25) is 0 Å². The minimum Gasteiger partial charge on any atom is -0.508 e. The van der Waals surface area contributed by atoms with Gasteiger partial charge in [-0.3, -0.25) is 4.79 Å². The number of nitrogens with zero attached hydrogens (tertiary/aromatic N) is 2. The predicted octanol–water partition coefficient (Wildman–Crippen LogP) is 5.97. The summed E-state index contributed by atoms with van der Waals surface area (Å²) in [4.78, 5) is 13.6. The first-order valence-corrected chi connectivity index (χ1v) is 11.3. The van der Waals surface area contributed by atoms with Crippen LogP contribution in [0.1, 0.15) is 34.8 Å². The van der Waals surface area contributed by atoms with Crippen LogP contribution in [-0.4, -0.2) is 25.0 Å². The summed E-state index contributed by atoms with van der Waals surface area (Å²) in [7, 11) is 0. The Balaban J connectivity index is 1.92. The van der Waals surface area contributed by atoms with Crippen molar-refractivity contribution in [2.45, 2.75) is 22.8 Å². The summed E-state index contributed by atoms with van der Waals surface area (Å²) in [6.07, 6.45) is 0.567. The number of azo groups is 1. The van der Waals surface area contributed by atoms with Crippen molar-refractivity contribution in [1.29, 1.82) is 0 Å². The summed E-state index contributed by atoms with van der Waals surface area (Å²) in [5.74, 6) is -0.102. The number of para-hydroxylation sites is 1. The second-order valence-corrected chi connectivity index (χ2v) is 8.73. The molecule has 0 bridgehead atoms. The SMILES string of the molecule is CCC1=C(c2ccc(O)cc2)N=NC1(c1ccc(O)cc1)C(I)C(=O)c1ccccc1O. The van der Waals surface area contributed by atoms with E-state index >= 15 is 0 Å². The number of phenols is 3. The lowest BCUT2D eigenvalue weighted by Crippen LogP contribution is -2.40. The quantitative estimate of drug-likeness (QED) is 0.204. The smallest absolute Gasteiger partial charge is 0.182 e. The van der Waals surface area contributed by atoms with Crippen LogP contribution in [0.25, 0.3) is 5.70 Å². The molecule has 3 N–H and O–H groups in total. The van der Waals surface area contributed by atoms with E-state index < -0.39 is 9.46 Å². The highest BCUT2D eigenvalue weighted by atomic mass is 127. The van der Waals surface area contributed by atoms with Gasteiger partial charge in [0, 0.05) is 5.56 Å². The van der Waals surface area contributed by atoms with Crippen molar-refractivity contribution in [2.75, 3.05) is 0 Å². The zero-order chi connectivity index (χ0) is 22.9. The molecule has 0 saturated heterocycles. The van der Waals surface area contributed by atoms with E-state index in [0.717, 1.165) is 11.1 Å². The molecule has 3 aromatic carbocycles. The standard InChI is InChI=1S/C25H21IN2O4/c1-2-20-22(15-7-11-17(29)12-8-15)27-28-25(20,16-9-13-18(30)14-10-16)24(26)23(32)19-5-3-4-6-21(19)31/h3-14,24,29-31H,2H2,1H3. The molecular formula is C25H21IN2O4. The first kappa shape index (κ1) is 22.0. The Morgan fingerprint density at radius 3 is 2.12 bits per heavy atom. The predicted molar refractivity (Wildman–Crippen MR) is 130 cm³/mol. The van der Waals surface area contributed by atoms with Crippen LogP contribution in [0.15, 0.2) is 88.6 Å². The molecule has 1 heterocycles. The number of hydrogen-bond acceptors (Lipinski definition) is 6. The lowest BCUT2D eigenvalue weighted by Gasteiger charge is -2.33. The van der Waals surface area contributed by atoms with Crippen LogP contribution in [0.3, 0.4) is 0 Å². The Morgan fingerprint density at radius 2 is 1.53 bits per heavy atom. The molecule has 32 heavy (non-hydrogen) atoms. The fraction of sp³-hybridized carbons (Fsp3) is 0.160. The molecule has 0 radical (unpaired) electrons. The van der Waals surface area contributed by atoms with Gasteiger partial charge < -0.3 is 15.3 Å². The van der Waals surface area contributed by atoms with Gasteiger partial charge in [-0.2, -0.15) is 10.2 Å². The molecule has 2 unspecified atom stereocenters. The average Bonchev–Trinajstić information content (AvgIpc) is 3.19. The van der Waals surface area contributed by atoms with Crippen LogP contribution in [0, 0.1) is 0 Å². The van der Waals surface area contributed by atoms with Crippen LogP contribution < -0.4 is 0 Å². The number of alkyl halides is 1. The van der Waals surface area contributed by atoms with Crippen LogP contribution in [0.4, 0.5) is 0 Å². The Morgan fingerprint density at radius 1 is 0.938 bits per heavy atom. The Bertz CT molecular complexity index is 1220. The third kappa shape index (κ3) is 3.66. The van der Waals surface area contributed by atoms with Crippen molar-refractivity contribution >= 4 is 34.1 Å². The third-order valence-corrected chi connectivity index (χ3v) is 7.09. The topological polar surface area (TPSA) is 102 Å². The summed E-state index contributed by atoms with van der Waals surface area (Å²) in [5.41, 5.74) is 2.09. The number of aromatic hydroxyl groups is 3. The molecule has 6 nitrogen and oxygen atoms in total. The van der Waals surface area contributed by atoms with Gasteiger partial charge in [0.15, 0.2) is 5.78 Å². The van der Waals surface area contributed by atoms with Crippen molar-refractivity contribution in [3.05, 3.63) is 95.1 Å². The summed E-state index contributed by atoms with van der Waals surface area (Å²) < 4.78 is -0.716. The first-order chi connectivity index (χ1) is 15.4. The van der Waals surface area contributed by atoms with E-state index in [-0.39, 0.29) is 28.6 Å². The molecule has 1 aliphatic heterocycles. The lowest BCUT2D eigenvalue weighted by atomic mass is 9.76. The summed E-state index contributed by atoms with van der Waals surface area (Å²) >= 11 is 2.08. The number of hydrogen-bond donors (Lipinski definition) is 3. The van der Waals surface area contributed by atoms with E-state index in [0.29, 0.717) is 17.7 Å². The van der Waals surface area contributed by atoms with Gasteiger partial charge in [0.05, 0.1) is 11.3 Å². The third-order valence-electron chi connectivity index (χ3n) is 5.62. The molecule has 0 aromatic heterocycles. The normalized spacial score (nSPS) is 18.7. The molecule has 162 valence electrons. The largest absolute Gasteiger partial charge is 0.508 e. The molecule has 0 aliphatic carbocycles. The molecule has 7 heteroatoms. The maximum atomic E-state index is 13.6. The van der Waals surface area contributed by atoms with Crippen molar-refractivity contribution in [3.8, 4) is 17.2 Å². The molecule has 0 saturated carbocycles. The number of carbonyl (C=O) groups excluding carboxylic acids is 1. The number of phenolic OH excluding ortho intramolecular Hbond substituents is 3. The highest BCUT2D eigenvalue weighted by molar-refractivity contribution is 14.1. The van der Waals surface area contributed by atoms with Gasteiger partial charge in [-0.1, -0.05) is 53.8 Å². The second-order valence-electron chi connectivity index (χ2n) is 7.48. The zero-order valence-corrected chi connectivity index (χ0v) is 19.4. The minimum absolute atomic E-state index is 0.0873. The Hall–Kier alpha value is -3.20. The van der Waals surface area contributed by atoms with Gasteiger partial charge in [-0.05, 0) is 66.1 Å². The maximum absolute atomic E-state index is 13.6. The average molecular weight is 540 g/mol. The number of carbonyl (C=O) groups is 1. The fourth-order valence-electron chi connectivity index (χ4n) is 4.02. The molecule has 1 aliphatic rings. The number of Topliss-reactive ketones (excluding diaryl/α,β-unsaturated/α-hetero) is 1. The summed E-state index contributed by atoms with van der Waals surface area (Å²) in [5, 5.41) is 39.0. The van der Waals surface area contributed by atoms with E-state index in [9.17, 15) is 20.1 Å². The lowest BCUT2D eigenvalue weighted by molar-refractivity contribution is 0.0971. The first-order valence-electron chi connectivity index (χ1n) is 10.1. The number of halogens is 1. The maximum Gasteiger partial charge on any atom is 0.182 e. The van der Waals surface area contributed by atoms with Gasteiger partial charge in [-0.25, -0.2) is 0 Å². The molecule has 4 rings (SSSR count). The number of ketones is 1. The Kier molecular flexibility index (Phi) is 6.01. The summed E-state index contributed by atoms with van der Waals surface area (Å²) in [6, 6.07) is 19.8. The van der Waals surface area contributed by atoms with Crippen molar-refractivity contribution in [2.24, 2.45) is 10.2 Å². The van der Waals surface area contributed by atoms with Gasteiger partial charge in [-0.15, -0.1) is 0 Å². The van der Waals surface area contributed by atoms with Crippen molar-refractivity contribution in [3.63, 3.8) is 0 Å². The highest BCUT2D eigenvalue weighted by Gasteiger charge is 2.50. The van der Waals surface area contributed by atoms with Gasteiger partial charge >= 0.3 is 0 Å². The zero-order valence-electron chi connectivity index (χ0n) is 17.2. The fourth-order valence-corrected chi connectivity index (χ4v) is 5.22. The molecule has 2 atom stereocenters. The molecule has 0 fully saturated rings. The number of rotatable bonds is 6. The Labute approximate surface area is 199 Å². The van der Waals surface area contributed by atoms with Crippen molar-refractivity contribution < 1.29 is 20.1 Å². The molecule has 3 aromatic rings. The van der Waals surface area contributed by atoms with Crippen LogP contribution in [0.5, 0.6) is 17.2 Å². The number of benzene rings is 3.